The van der Waals surface area contributed by atoms with E-state index in [2.05, 4.69) is 24.0 Å². The maximum atomic E-state index is 5.53. The minimum Gasteiger partial charge on any atom is -0.381 e. The van der Waals surface area contributed by atoms with Gasteiger partial charge in [0, 0.05) is 24.8 Å². The lowest BCUT2D eigenvalue weighted by Crippen LogP contribution is -2.37. The molecule has 0 amide bonds. The van der Waals surface area contributed by atoms with Crippen molar-refractivity contribution < 1.29 is 4.74 Å². The maximum Gasteiger partial charge on any atom is 0.0582 e. The number of hydrogen-bond acceptors (Lipinski definition) is 3. The highest BCUT2D eigenvalue weighted by molar-refractivity contribution is 5.28. The third-order valence-electron chi connectivity index (χ3n) is 4.12. The van der Waals surface area contributed by atoms with Crippen molar-refractivity contribution in [3.05, 3.63) is 29.1 Å². The number of rotatable bonds is 4. The average molecular weight is 246 g/mol. The summed E-state index contributed by atoms with van der Waals surface area (Å²) >= 11 is 0. The Kier molecular flexibility index (Phi) is 3.62. The largest absolute Gasteiger partial charge is 0.381 e. The summed E-state index contributed by atoms with van der Waals surface area (Å²) in [6.07, 6.45) is 3.52. The lowest BCUT2D eigenvalue weighted by atomic mass is 9.95. The van der Waals surface area contributed by atoms with E-state index in [0.29, 0.717) is 5.92 Å². The molecule has 1 aromatic heterocycles. The second-order valence-electron chi connectivity index (χ2n) is 5.38. The molecule has 2 aliphatic rings. The van der Waals surface area contributed by atoms with Crippen molar-refractivity contribution in [3.8, 4) is 0 Å². The minimum atomic E-state index is 0.569. The number of aromatic nitrogens is 1. The maximum absolute atomic E-state index is 5.53. The van der Waals surface area contributed by atoms with Gasteiger partial charge in [0.1, 0.15) is 0 Å². The van der Waals surface area contributed by atoms with Crippen molar-refractivity contribution in [2.24, 2.45) is 0 Å². The van der Waals surface area contributed by atoms with Gasteiger partial charge in [0.15, 0.2) is 0 Å². The van der Waals surface area contributed by atoms with Gasteiger partial charge in [0.05, 0.1) is 12.3 Å². The topological polar surface area (TPSA) is 25.4 Å². The summed E-state index contributed by atoms with van der Waals surface area (Å²) in [6, 6.07) is 4.48. The smallest absolute Gasteiger partial charge is 0.0582 e. The minimum absolute atomic E-state index is 0.569. The van der Waals surface area contributed by atoms with E-state index in [-0.39, 0.29) is 0 Å². The first-order valence-electron chi connectivity index (χ1n) is 7.15. The first kappa shape index (κ1) is 12.1. The van der Waals surface area contributed by atoms with Gasteiger partial charge in [-0.15, -0.1) is 0 Å². The second-order valence-corrected chi connectivity index (χ2v) is 5.38. The highest BCUT2D eigenvalue weighted by Gasteiger charge is 2.23. The van der Waals surface area contributed by atoms with Gasteiger partial charge in [-0.05, 0) is 44.0 Å². The van der Waals surface area contributed by atoms with Crippen LogP contribution in [0.5, 0.6) is 0 Å². The number of pyridine rings is 1. The molecule has 1 atom stereocenters. The van der Waals surface area contributed by atoms with Crippen LogP contribution in [0.1, 0.15) is 42.6 Å². The molecule has 2 saturated heterocycles. The molecule has 2 aliphatic heterocycles. The summed E-state index contributed by atoms with van der Waals surface area (Å²) in [5, 5.41) is 0. The van der Waals surface area contributed by atoms with Gasteiger partial charge in [0.25, 0.3) is 0 Å². The summed E-state index contributed by atoms with van der Waals surface area (Å²) in [6.45, 7) is 7.45. The van der Waals surface area contributed by atoms with Crippen molar-refractivity contribution in [2.75, 3.05) is 26.3 Å². The molecule has 3 heteroatoms. The van der Waals surface area contributed by atoms with Crippen molar-refractivity contribution in [1.82, 2.24) is 9.88 Å². The molecular formula is C15H22N2O. The fourth-order valence-corrected chi connectivity index (χ4v) is 2.78. The summed E-state index contributed by atoms with van der Waals surface area (Å²) in [5.74, 6) is 0.569. The van der Waals surface area contributed by atoms with E-state index < -0.39 is 0 Å². The van der Waals surface area contributed by atoms with E-state index in [1.54, 1.807) is 0 Å². The van der Waals surface area contributed by atoms with Crippen molar-refractivity contribution >= 4 is 0 Å². The van der Waals surface area contributed by atoms with E-state index in [4.69, 9.17) is 9.72 Å². The summed E-state index contributed by atoms with van der Waals surface area (Å²) < 4.78 is 5.53. The van der Waals surface area contributed by atoms with Crippen LogP contribution in [0.25, 0.3) is 0 Å². The second kappa shape index (κ2) is 5.37. The molecule has 0 aromatic carbocycles. The lowest BCUT2D eigenvalue weighted by Gasteiger charge is -2.31. The Bertz CT molecular complexity index is 409. The van der Waals surface area contributed by atoms with Crippen LogP contribution in [0, 0.1) is 0 Å². The Morgan fingerprint density at radius 3 is 2.89 bits per heavy atom. The zero-order valence-corrected chi connectivity index (χ0v) is 11.2. The molecule has 3 nitrogen and oxygen atoms in total. The average Bonchev–Trinajstić information content (AvgIpc) is 2.87. The summed E-state index contributed by atoms with van der Waals surface area (Å²) in [5.41, 5.74) is 3.94. The van der Waals surface area contributed by atoms with Crippen LogP contribution in [-0.4, -0.2) is 36.2 Å². The number of ether oxygens (including phenoxy) is 1. The fraction of sp³-hybridized carbons (Fsp3) is 0.667. The van der Waals surface area contributed by atoms with Gasteiger partial charge in [-0.1, -0.05) is 13.0 Å². The third-order valence-corrected chi connectivity index (χ3v) is 4.12. The van der Waals surface area contributed by atoms with Crippen LogP contribution in [0.4, 0.5) is 0 Å². The Morgan fingerprint density at radius 2 is 2.28 bits per heavy atom. The predicted octanol–water partition coefficient (Wildman–Crippen LogP) is 2.35. The summed E-state index contributed by atoms with van der Waals surface area (Å²) in [4.78, 5) is 7.35. The standard InChI is InChI=1S/C15H22N2O/c1-2-13-4-5-14(12-6-9-18-11-12)15(16-13)10-17-7-3-8-17/h4-5,12H,2-3,6-11H2,1H3/t12-/m1/s1. The third kappa shape index (κ3) is 2.43. The molecule has 3 heterocycles. The van der Waals surface area contributed by atoms with Gasteiger partial charge in [-0.2, -0.15) is 0 Å². The molecule has 0 N–H and O–H groups in total. The highest BCUT2D eigenvalue weighted by Crippen LogP contribution is 2.28. The van der Waals surface area contributed by atoms with Gasteiger partial charge in [-0.3, -0.25) is 9.88 Å². The van der Waals surface area contributed by atoms with E-state index >= 15 is 0 Å². The van der Waals surface area contributed by atoms with Gasteiger partial charge in [0.2, 0.25) is 0 Å². The zero-order valence-electron chi connectivity index (χ0n) is 11.2. The van der Waals surface area contributed by atoms with Crippen molar-refractivity contribution in [2.45, 2.75) is 38.6 Å². The fourth-order valence-electron chi connectivity index (χ4n) is 2.78. The zero-order chi connectivity index (χ0) is 12.4. The molecule has 3 rings (SSSR count). The molecular weight excluding hydrogens is 224 g/mol. The quantitative estimate of drug-likeness (QED) is 0.815. The van der Waals surface area contributed by atoms with E-state index in [9.17, 15) is 0 Å². The molecule has 0 radical (unpaired) electrons. The molecule has 1 aromatic rings. The Morgan fingerprint density at radius 1 is 1.39 bits per heavy atom. The first-order valence-corrected chi connectivity index (χ1v) is 7.15. The first-order chi connectivity index (χ1) is 8.86. The van der Waals surface area contributed by atoms with Crippen LogP contribution in [-0.2, 0) is 17.7 Å². The Hall–Kier alpha value is -0.930. The molecule has 18 heavy (non-hydrogen) atoms. The predicted molar refractivity (Wildman–Crippen MR) is 71.7 cm³/mol. The Balaban J connectivity index is 1.84. The van der Waals surface area contributed by atoms with E-state index in [1.165, 1.54) is 36.5 Å². The molecule has 0 spiro atoms. The number of aryl methyl sites for hydroxylation is 1. The van der Waals surface area contributed by atoms with Crippen molar-refractivity contribution in [1.29, 1.82) is 0 Å². The van der Waals surface area contributed by atoms with Gasteiger partial charge >= 0.3 is 0 Å². The van der Waals surface area contributed by atoms with Crippen LogP contribution in [0.3, 0.4) is 0 Å². The highest BCUT2D eigenvalue weighted by atomic mass is 16.5. The van der Waals surface area contributed by atoms with Crippen LogP contribution in [0.2, 0.25) is 0 Å². The lowest BCUT2D eigenvalue weighted by molar-refractivity contribution is 0.169. The van der Waals surface area contributed by atoms with Gasteiger partial charge < -0.3 is 4.74 Å². The van der Waals surface area contributed by atoms with Crippen molar-refractivity contribution in [3.63, 3.8) is 0 Å². The molecule has 2 fully saturated rings. The van der Waals surface area contributed by atoms with Crippen LogP contribution >= 0.6 is 0 Å². The SMILES string of the molecule is CCc1ccc([C@@H]2CCOC2)c(CN2CCC2)n1. The summed E-state index contributed by atoms with van der Waals surface area (Å²) in [7, 11) is 0. The molecule has 0 unspecified atom stereocenters. The normalized spacial score (nSPS) is 24.2. The Labute approximate surface area is 109 Å². The number of nitrogens with zero attached hydrogens (tertiary/aromatic N) is 2. The monoisotopic (exact) mass is 246 g/mol. The van der Waals surface area contributed by atoms with Crippen LogP contribution in [0.15, 0.2) is 12.1 Å². The number of hydrogen-bond donors (Lipinski definition) is 0. The van der Waals surface area contributed by atoms with Crippen LogP contribution < -0.4 is 0 Å². The van der Waals surface area contributed by atoms with E-state index in [1.807, 2.05) is 0 Å². The molecule has 0 saturated carbocycles. The molecule has 98 valence electrons. The molecule has 0 bridgehead atoms. The molecule has 0 aliphatic carbocycles. The van der Waals surface area contributed by atoms with E-state index in [0.717, 1.165) is 32.6 Å². The van der Waals surface area contributed by atoms with Gasteiger partial charge in [-0.25, -0.2) is 0 Å². The number of likely N-dealkylation sites (tertiary alicyclic amines) is 1.